The van der Waals surface area contributed by atoms with Crippen molar-refractivity contribution in [2.75, 3.05) is 6.54 Å². The van der Waals surface area contributed by atoms with Crippen molar-refractivity contribution >= 4 is 5.91 Å². The van der Waals surface area contributed by atoms with E-state index >= 15 is 0 Å². The molecule has 0 aliphatic heterocycles. The lowest BCUT2D eigenvalue weighted by atomic mass is 9.83. The fraction of sp³-hybridized carbons (Fsp3) is 0.640. The van der Waals surface area contributed by atoms with Crippen molar-refractivity contribution in [2.24, 2.45) is 17.8 Å². The molecule has 3 rings (SSSR count). The number of alkyl halides is 5. The summed E-state index contributed by atoms with van der Waals surface area (Å²) >= 11 is 0. The van der Waals surface area contributed by atoms with Gasteiger partial charge in [-0.3, -0.25) is 9.36 Å². The standard InChI is InChI=1S/C25H33F5N4O2/c1-5-20-33-21(23(35)32-12-17-8-6-14(2)7-9-17)16(4)34(20)22-19(36-24(26)27)11-18(13-31-22)10-15(3)25(28,29)30/h11,13-15,17,24H,5-10,12H2,1-4H3,(H,32,35)/t14?,15-,17?/m1/s1. The predicted molar refractivity (Wildman–Crippen MR) is 124 cm³/mol. The third kappa shape index (κ3) is 6.73. The number of aryl methyl sites for hydroxylation is 1. The highest BCUT2D eigenvalue weighted by Gasteiger charge is 2.36. The summed E-state index contributed by atoms with van der Waals surface area (Å²) in [6, 6.07) is 1.14. The van der Waals surface area contributed by atoms with E-state index < -0.39 is 25.1 Å². The molecule has 0 aromatic carbocycles. The molecule has 200 valence electrons. The first-order chi connectivity index (χ1) is 16.9. The van der Waals surface area contributed by atoms with Crippen LogP contribution in [0.3, 0.4) is 0 Å². The molecule has 1 N–H and O–H groups in total. The lowest BCUT2D eigenvalue weighted by Crippen LogP contribution is -2.31. The monoisotopic (exact) mass is 516 g/mol. The van der Waals surface area contributed by atoms with Crippen LogP contribution in [0.1, 0.15) is 74.0 Å². The summed E-state index contributed by atoms with van der Waals surface area (Å²) < 4.78 is 71.5. The molecule has 1 atom stereocenters. The predicted octanol–water partition coefficient (Wildman–Crippen LogP) is 6.04. The van der Waals surface area contributed by atoms with Crippen molar-refractivity contribution in [3.63, 3.8) is 0 Å². The second-order valence-electron chi connectivity index (χ2n) is 9.68. The largest absolute Gasteiger partial charge is 0.431 e. The molecule has 1 fully saturated rings. The fourth-order valence-corrected chi connectivity index (χ4v) is 4.56. The Bertz CT molecular complexity index is 1050. The number of rotatable bonds is 9. The van der Waals surface area contributed by atoms with E-state index in [2.05, 4.69) is 26.9 Å². The maximum atomic E-state index is 13.2. The molecule has 2 aromatic heterocycles. The number of carbonyl (C=O) groups is 1. The molecular formula is C25H33F5N4O2. The number of pyridine rings is 1. The lowest BCUT2D eigenvalue weighted by molar-refractivity contribution is -0.169. The number of amides is 1. The molecule has 1 saturated carbocycles. The van der Waals surface area contributed by atoms with Crippen LogP contribution in [0, 0.1) is 24.7 Å². The maximum Gasteiger partial charge on any atom is 0.391 e. The Kier molecular flexibility index (Phi) is 8.94. The summed E-state index contributed by atoms with van der Waals surface area (Å²) in [5.74, 6) is -0.997. The molecule has 36 heavy (non-hydrogen) atoms. The van der Waals surface area contributed by atoms with Crippen molar-refractivity contribution in [3.05, 3.63) is 35.0 Å². The zero-order valence-corrected chi connectivity index (χ0v) is 21.0. The van der Waals surface area contributed by atoms with Gasteiger partial charge in [-0.05, 0) is 49.7 Å². The maximum absolute atomic E-state index is 13.2. The van der Waals surface area contributed by atoms with Crippen LogP contribution in [0.2, 0.25) is 0 Å². The first-order valence-electron chi connectivity index (χ1n) is 12.3. The molecular weight excluding hydrogens is 483 g/mol. The Hall–Kier alpha value is -2.72. The minimum atomic E-state index is -4.43. The highest BCUT2D eigenvalue weighted by molar-refractivity contribution is 5.93. The minimum absolute atomic E-state index is 0.0547. The van der Waals surface area contributed by atoms with Gasteiger partial charge in [-0.25, -0.2) is 9.97 Å². The number of carbonyl (C=O) groups excluding carboxylic acids is 1. The van der Waals surface area contributed by atoms with Gasteiger partial charge in [0, 0.05) is 19.2 Å². The number of halogens is 5. The van der Waals surface area contributed by atoms with Crippen LogP contribution in [0.5, 0.6) is 5.75 Å². The molecule has 0 radical (unpaired) electrons. The van der Waals surface area contributed by atoms with E-state index in [9.17, 15) is 26.7 Å². The van der Waals surface area contributed by atoms with Gasteiger partial charge in [-0.1, -0.05) is 33.6 Å². The quantitative estimate of drug-likeness (QED) is 0.413. The zero-order valence-electron chi connectivity index (χ0n) is 21.0. The molecule has 11 heteroatoms. The molecule has 0 saturated heterocycles. The van der Waals surface area contributed by atoms with E-state index in [4.69, 9.17) is 0 Å². The van der Waals surface area contributed by atoms with E-state index in [-0.39, 0.29) is 28.7 Å². The van der Waals surface area contributed by atoms with Gasteiger partial charge >= 0.3 is 12.8 Å². The summed E-state index contributed by atoms with van der Waals surface area (Å²) in [5.41, 5.74) is 0.634. The SMILES string of the molecule is CCc1nc(C(=O)NCC2CCC(C)CC2)c(C)n1-c1ncc(C[C@@H](C)C(F)(F)F)cc1OC(F)F. The third-order valence-corrected chi connectivity index (χ3v) is 6.81. The fourth-order valence-electron chi connectivity index (χ4n) is 4.56. The Morgan fingerprint density at radius 2 is 1.92 bits per heavy atom. The third-order valence-electron chi connectivity index (χ3n) is 6.81. The Morgan fingerprint density at radius 1 is 1.25 bits per heavy atom. The number of nitrogens with zero attached hydrogens (tertiary/aromatic N) is 3. The Balaban J connectivity index is 1.89. The van der Waals surface area contributed by atoms with E-state index in [1.54, 1.807) is 13.8 Å². The molecule has 0 unspecified atom stereocenters. The van der Waals surface area contributed by atoms with Gasteiger partial charge in [0.15, 0.2) is 11.6 Å². The van der Waals surface area contributed by atoms with Gasteiger partial charge in [0.05, 0.1) is 11.6 Å². The molecule has 2 aromatic rings. The number of nitrogens with one attached hydrogen (secondary N) is 1. The van der Waals surface area contributed by atoms with E-state index in [0.717, 1.165) is 38.7 Å². The van der Waals surface area contributed by atoms with Gasteiger partial charge in [0.2, 0.25) is 0 Å². The van der Waals surface area contributed by atoms with Crippen molar-refractivity contribution in [2.45, 2.75) is 79.0 Å². The Morgan fingerprint density at radius 3 is 2.50 bits per heavy atom. The second-order valence-corrected chi connectivity index (χ2v) is 9.68. The first kappa shape index (κ1) is 27.9. The van der Waals surface area contributed by atoms with Gasteiger partial charge in [-0.2, -0.15) is 22.0 Å². The van der Waals surface area contributed by atoms with E-state index in [1.807, 2.05) is 0 Å². The van der Waals surface area contributed by atoms with Crippen molar-refractivity contribution in [1.82, 2.24) is 19.9 Å². The number of hydrogen-bond acceptors (Lipinski definition) is 4. The second kappa shape index (κ2) is 11.6. The highest BCUT2D eigenvalue weighted by atomic mass is 19.4. The number of aromatic nitrogens is 3. The van der Waals surface area contributed by atoms with Crippen LogP contribution in [0.4, 0.5) is 22.0 Å². The minimum Gasteiger partial charge on any atom is -0.431 e. The summed E-state index contributed by atoms with van der Waals surface area (Å²) in [6.07, 6.45) is 1.05. The number of imidazole rings is 1. The molecule has 0 spiro atoms. The summed E-state index contributed by atoms with van der Waals surface area (Å²) in [4.78, 5) is 21.5. The number of hydrogen-bond donors (Lipinski definition) is 1. The average Bonchev–Trinajstić information content (AvgIpc) is 3.14. The van der Waals surface area contributed by atoms with Gasteiger partial charge < -0.3 is 10.1 Å². The van der Waals surface area contributed by atoms with Crippen molar-refractivity contribution in [3.8, 4) is 11.6 Å². The zero-order chi connectivity index (χ0) is 26.6. The van der Waals surface area contributed by atoms with Crippen LogP contribution >= 0.6 is 0 Å². The summed E-state index contributed by atoms with van der Waals surface area (Å²) in [6.45, 7) is 3.96. The van der Waals surface area contributed by atoms with Gasteiger partial charge in [0.1, 0.15) is 11.5 Å². The van der Waals surface area contributed by atoms with E-state index in [0.29, 0.717) is 36.3 Å². The van der Waals surface area contributed by atoms with Crippen LogP contribution < -0.4 is 10.1 Å². The van der Waals surface area contributed by atoms with Crippen LogP contribution in [0.15, 0.2) is 12.3 Å². The smallest absolute Gasteiger partial charge is 0.391 e. The summed E-state index contributed by atoms with van der Waals surface area (Å²) in [5, 5.41) is 2.94. The normalized spacial score (nSPS) is 19.4. The van der Waals surface area contributed by atoms with Crippen LogP contribution in [-0.4, -0.2) is 39.8 Å². The molecule has 2 heterocycles. The average molecular weight is 517 g/mol. The summed E-state index contributed by atoms with van der Waals surface area (Å²) in [7, 11) is 0. The molecule has 1 aliphatic rings. The van der Waals surface area contributed by atoms with E-state index in [1.165, 1.54) is 10.8 Å². The van der Waals surface area contributed by atoms with Gasteiger partial charge in [-0.15, -0.1) is 0 Å². The molecule has 6 nitrogen and oxygen atoms in total. The van der Waals surface area contributed by atoms with Gasteiger partial charge in [0.25, 0.3) is 5.91 Å². The lowest BCUT2D eigenvalue weighted by Gasteiger charge is -2.26. The van der Waals surface area contributed by atoms with Crippen LogP contribution in [-0.2, 0) is 12.8 Å². The molecule has 0 bridgehead atoms. The van der Waals surface area contributed by atoms with Crippen molar-refractivity contribution < 1.29 is 31.5 Å². The topological polar surface area (TPSA) is 69.0 Å². The molecule has 1 amide bonds. The highest BCUT2D eigenvalue weighted by Crippen LogP contribution is 2.32. The van der Waals surface area contributed by atoms with Crippen molar-refractivity contribution in [1.29, 1.82) is 0 Å². The Labute approximate surface area is 207 Å². The van der Waals surface area contributed by atoms with Crippen LogP contribution in [0.25, 0.3) is 5.82 Å². The first-order valence-corrected chi connectivity index (χ1v) is 12.3. The number of ether oxygens (including phenoxy) is 1. The molecule has 1 aliphatic carbocycles.